The minimum absolute atomic E-state index is 0. The first-order valence-corrected chi connectivity index (χ1v) is 40.8. The molecule has 0 N–H and O–H groups in total. The molecule has 0 radical (unpaired) electrons. The molecule has 5 heterocycles. The largest absolute Gasteiger partial charge is 1.00 e. The Morgan fingerprint density at radius 3 is 0.791 bits per heavy atom. The zero-order valence-corrected chi connectivity index (χ0v) is 88.3. The van der Waals surface area contributed by atoms with E-state index >= 15 is 0 Å². The number of rotatable bonds is 43. The maximum Gasteiger partial charge on any atom is 1.00 e. The Bertz CT molecular complexity index is 4020. The number of carboxylic acids is 2. The van der Waals surface area contributed by atoms with Gasteiger partial charge in [-0.2, -0.15) is 0 Å². The number of hydrogen-bond donors (Lipinski definition) is 0. The Morgan fingerprint density at radius 1 is 0.278 bits per heavy atom. The van der Waals surface area contributed by atoms with Gasteiger partial charge in [-0.1, -0.05) is 26.7 Å². The normalized spacial score (nSPS) is 32.3. The quantitative estimate of drug-likeness (QED) is 0.0237. The van der Waals surface area contributed by atoms with Gasteiger partial charge >= 0.3 is 266 Å². The van der Waals surface area contributed by atoms with Gasteiger partial charge in [0.1, 0.15) is 97.7 Å². The Balaban J connectivity index is -0.00000448. The molecule has 5 aliphatic heterocycles. The summed E-state index contributed by atoms with van der Waals surface area (Å²) in [7, 11) is -54.2. The van der Waals surface area contributed by atoms with E-state index in [1.54, 1.807) is 0 Å². The van der Waals surface area contributed by atoms with Gasteiger partial charge < -0.3 is 132 Å². The van der Waals surface area contributed by atoms with Crippen molar-refractivity contribution < 1.29 is 511 Å². The third-order valence-corrected chi connectivity index (χ3v) is 18.6. The van der Waals surface area contributed by atoms with Crippen LogP contribution in [0, 0.1) is 0 Å². The second kappa shape index (κ2) is 56.3. The molecule has 5 aliphatic rings. The Kier molecular flexibility index (Phi) is 63.4. The predicted molar refractivity (Wildman–Crippen MR) is 296 cm³/mol. The van der Waals surface area contributed by atoms with Crippen molar-refractivity contribution in [3.63, 3.8) is 0 Å². The van der Waals surface area contributed by atoms with E-state index in [0.29, 0.717) is 14.2 Å². The van der Waals surface area contributed by atoms with Crippen molar-refractivity contribution in [1.29, 1.82) is 0 Å². The molecule has 0 aromatic carbocycles. The summed E-state index contributed by atoms with van der Waals surface area (Å²) in [5, 5.41) is 26.8. The molecule has 73 heteroatoms. The minimum atomic E-state index is -6.73. The van der Waals surface area contributed by atoms with E-state index < -0.39 is 292 Å². The third-order valence-electron chi connectivity index (χ3n) is 14.6. The third kappa shape index (κ3) is 43.6. The fraction of sp³-hybridized carbons (Fsp3) is 0.952. The molecule has 0 spiro atoms. The van der Waals surface area contributed by atoms with Gasteiger partial charge in [-0.05, 0) is 12.8 Å². The zero-order chi connectivity index (χ0) is 80.4. The summed E-state index contributed by atoms with van der Waals surface area (Å²) in [6.07, 6.45) is -72.1. The van der Waals surface area contributed by atoms with Gasteiger partial charge in [0.15, 0.2) is 55.9 Å². The van der Waals surface area contributed by atoms with E-state index in [0.717, 1.165) is 14.2 Å². The number of aliphatic carboxylic acids is 2. The van der Waals surface area contributed by atoms with Crippen LogP contribution >= 0.6 is 0 Å². The molecule has 0 aromatic rings. The SMILES string of the molecule is CCCCOC1C(OC2C(COS(=O)(=O)[O-])OC(OC3C(C(=O)[O-])OC(OC4C(COS(=O)(=O)[O-])OC(OC)C(OS(=O)(=O)[O-])C4OS(=O)(=O)[O-])C(OS(=O)(=O)[O-])C3OC)C(OS(=O)(=O)[O-])C2OS(=O)(=O)[O-])OC(C(=O)[O-])C(OC2OC(COS(=O)(=O)[O-])C(OC)C(OC)C2OS(=O)(=O)[O-])C1OCCCC.[Na+].[Na+].[Na+].[Na+].[Na+].[Na+].[Na+].[Na+].[Na+]. The van der Waals surface area contributed by atoms with E-state index in [1.165, 1.54) is 13.8 Å². The summed E-state index contributed by atoms with van der Waals surface area (Å²) in [4.78, 5) is 26.8. The first kappa shape index (κ1) is 130. The first-order valence-electron chi connectivity index (χ1n) is 28.8. The van der Waals surface area contributed by atoms with Crippen LogP contribution in [-0.2, 0) is 212 Å². The van der Waals surface area contributed by atoms with E-state index in [9.17, 15) is 137 Å². The van der Waals surface area contributed by atoms with Gasteiger partial charge in [0, 0.05) is 41.7 Å². The maximum atomic E-state index is 13.5. The van der Waals surface area contributed by atoms with Crippen molar-refractivity contribution in [2.75, 3.05) is 61.5 Å². The van der Waals surface area contributed by atoms with E-state index in [4.69, 9.17) is 71.1 Å². The number of methoxy groups -OCH3 is 4. The van der Waals surface area contributed by atoms with Crippen molar-refractivity contribution in [2.24, 2.45) is 0 Å². The summed E-state index contributed by atoms with van der Waals surface area (Å²) in [5.41, 5.74) is 0. The number of carboxylic acid groups (broad SMARTS) is 2. The monoisotopic (exact) mass is 1940 g/mol. The van der Waals surface area contributed by atoms with Crippen LogP contribution in [0.1, 0.15) is 39.5 Å². The molecule has 0 aromatic heterocycles. The Morgan fingerprint density at radius 2 is 0.513 bits per heavy atom. The molecule has 5 fully saturated rings. The fourth-order valence-electron chi connectivity index (χ4n) is 10.7. The van der Waals surface area contributed by atoms with Gasteiger partial charge in [0.05, 0.1) is 31.8 Å². The molecule has 0 amide bonds. The van der Waals surface area contributed by atoms with Crippen LogP contribution in [0.5, 0.6) is 0 Å². The minimum Gasteiger partial charge on any atom is -0.726 e. The Labute approximate surface area is 858 Å². The van der Waals surface area contributed by atoms with Crippen LogP contribution in [-0.4, -0.2) is 344 Å². The molecule has 0 saturated carbocycles. The second-order valence-electron chi connectivity index (χ2n) is 21.6. The molecule has 624 valence electrons. The van der Waals surface area contributed by atoms with E-state index in [2.05, 4.69) is 37.6 Å². The van der Waals surface area contributed by atoms with E-state index in [-0.39, 0.29) is 292 Å². The average Bonchev–Trinajstić information content (AvgIpc) is 0.754. The average molecular weight is 1940 g/mol. The number of unbranched alkanes of at least 4 members (excludes halogenated alkanes) is 2. The van der Waals surface area contributed by atoms with Crippen molar-refractivity contribution in [3.8, 4) is 0 Å². The Hall–Kier alpha value is 6.17. The molecule has 0 bridgehead atoms. The van der Waals surface area contributed by atoms with Gasteiger partial charge in [0.25, 0.3) is 0 Å². The predicted octanol–water partition coefficient (Wildman–Crippen LogP) is -39.7. The molecule has 0 aliphatic carbocycles. The molecule has 55 nitrogen and oxygen atoms in total. The first-order chi connectivity index (χ1) is 48.5. The number of ether oxygens (including phenoxy) is 15. The van der Waals surface area contributed by atoms with Crippen LogP contribution in [0.4, 0.5) is 0 Å². The van der Waals surface area contributed by atoms with Crippen molar-refractivity contribution in [2.45, 2.75) is 193 Å². The topological polar surface area (TPSA) is 817 Å². The van der Waals surface area contributed by atoms with Crippen molar-refractivity contribution in [3.05, 3.63) is 0 Å². The smallest absolute Gasteiger partial charge is 0.726 e. The van der Waals surface area contributed by atoms with Gasteiger partial charge in [-0.15, -0.1) is 0 Å². The van der Waals surface area contributed by atoms with Gasteiger partial charge in [-0.3, -0.25) is 37.6 Å². The molecule has 5 saturated heterocycles. The van der Waals surface area contributed by atoms with Crippen LogP contribution < -0.4 is 276 Å². The summed E-state index contributed by atoms with van der Waals surface area (Å²) in [5.74, 6) is -5.36. The van der Waals surface area contributed by atoms with E-state index in [1.807, 2.05) is 0 Å². The number of carbonyl (C=O) groups excluding carboxylic acids is 2. The summed E-state index contributed by atoms with van der Waals surface area (Å²) >= 11 is 0. The molecule has 25 atom stereocenters. The molecule has 25 unspecified atom stereocenters. The molecular weight excluding hydrogens is 1880 g/mol. The van der Waals surface area contributed by atoms with Crippen molar-refractivity contribution in [1.82, 2.24) is 0 Å². The zero-order valence-electron chi connectivity index (χ0n) is 62.9. The number of hydrogen-bond acceptors (Lipinski definition) is 55. The molecule has 5 rings (SSSR count). The van der Waals surface area contributed by atoms with Gasteiger partial charge in [-0.25, -0.2) is 75.8 Å². The van der Waals surface area contributed by atoms with Crippen molar-refractivity contribution >= 4 is 106 Å². The van der Waals surface area contributed by atoms with Crippen LogP contribution in [0.3, 0.4) is 0 Å². The molecule has 115 heavy (non-hydrogen) atoms. The summed E-state index contributed by atoms with van der Waals surface area (Å²) < 4.78 is 453. The van der Waals surface area contributed by atoms with Gasteiger partial charge in [0.2, 0.25) is 93.6 Å². The summed E-state index contributed by atoms with van der Waals surface area (Å²) in [6.45, 7) is -3.52. The second-order valence-corrected chi connectivity index (χ2v) is 30.8. The number of carbonyl (C=O) groups is 2. The van der Waals surface area contributed by atoms with Crippen LogP contribution in [0.25, 0.3) is 0 Å². The summed E-state index contributed by atoms with van der Waals surface area (Å²) in [6, 6.07) is 0. The maximum absolute atomic E-state index is 13.5. The standard InChI is InChI=1S/C42H72O55S9.9Na/c1-7-9-11-78-24-26(89-40-32(94-103(62,63)64)22(75-4)19(74-3)16(84-40)13-80-98(47,48)49)30(37(45)46)90-39(31(24)79-12-10-8-2)86-21-18(15-82-100(53,54)55)85-41(35(97-106(71,72)73)28(21)93-102(59,60)61)88-25-23(76-5)33(95-104(65,66)67)42(91-29(25)36(43)44)87-20-17(14-81-99(50,51)52)83-38(77-6)34(96-105(68,69)70)27(20)92-101(56,57)58;;;;;;;;;/h16-35,38-42H,7-15H2,1-6H3,(H,43,44)(H,45,46)(H,47,48,49)(H,50,51,52)(H,53,54,55)(H,56,57,58)(H,59,60,61)(H,62,63,64)(H,65,66,67)(H,68,69,70)(H,71,72,73);;;;;;;;;/q;9*+1/p-11. The van der Waals surface area contributed by atoms with Crippen LogP contribution in [0.15, 0.2) is 0 Å². The molecular formula is C42H61Na9O55S9-2. The fourth-order valence-corrected chi connectivity index (χ4v) is 14.5. The van der Waals surface area contributed by atoms with Crippen LogP contribution in [0.2, 0.25) is 0 Å².